The number of carbonyl (C=O) groups is 1. The van der Waals surface area contributed by atoms with Gasteiger partial charge in [0.2, 0.25) is 0 Å². The van der Waals surface area contributed by atoms with Gasteiger partial charge in [-0.05, 0) is 74.7 Å². The van der Waals surface area contributed by atoms with Gasteiger partial charge in [0.05, 0.1) is 5.92 Å². The van der Waals surface area contributed by atoms with Crippen LogP contribution in [0.4, 0.5) is 0 Å². The molecule has 210 valence electrons. The summed E-state index contributed by atoms with van der Waals surface area (Å²) in [6, 6.07) is 0. The van der Waals surface area contributed by atoms with Crippen molar-refractivity contribution in [1.29, 1.82) is 0 Å². The molecule has 0 spiro atoms. The molecule has 2 heterocycles. The number of nitrogens with one attached hydrogen (secondary N) is 2. The van der Waals surface area contributed by atoms with Crippen molar-refractivity contribution in [2.75, 3.05) is 0 Å². The van der Waals surface area contributed by atoms with Gasteiger partial charge in [-0.25, -0.2) is 0 Å². The Bertz CT molecular complexity index is 696. The Morgan fingerprint density at radius 2 is 1.17 bits per heavy atom. The minimum atomic E-state index is -0.0217. The van der Waals surface area contributed by atoms with Gasteiger partial charge < -0.3 is 24.9 Å². The third kappa shape index (κ3) is 11.1. The molecule has 36 heavy (non-hydrogen) atoms. The molecule has 0 aromatic rings. The molecule has 6 heteroatoms. The number of rotatable bonds is 12. The van der Waals surface area contributed by atoms with Gasteiger partial charge in [-0.2, -0.15) is 0 Å². The lowest BCUT2D eigenvalue weighted by atomic mass is 9.81. The fourth-order valence-electron chi connectivity index (χ4n) is 6.82. The Morgan fingerprint density at radius 3 is 1.64 bits per heavy atom. The van der Waals surface area contributed by atoms with Gasteiger partial charge >= 0.3 is 11.9 Å². The molecule has 1 unspecified atom stereocenters. The van der Waals surface area contributed by atoms with Crippen LogP contribution in [0.1, 0.15) is 139 Å². The summed E-state index contributed by atoms with van der Waals surface area (Å²) in [5.41, 5.74) is -0.0231. The SMILES string of the molecule is CCC(CCCCCCCC(=[OH+])OC1CC(C)(C)NC(C)(C)C1)C(=O)OC1CC(C)(C)NC(C)(C)C1. The third-order valence-electron chi connectivity index (χ3n) is 7.66. The number of hydrogen-bond donors (Lipinski definition) is 2. The Morgan fingerprint density at radius 1 is 0.750 bits per heavy atom. The maximum atomic E-state index is 12.9. The second-order valence-electron chi connectivity index (χ2n) is 14.2. The molecule has 0 amide bonds. The molecule has 6 nitrogen and oxygen atoms in total. The van der Waals surface area contributed by atoms with E-state index >= 15 is 0 Å². The average molecular weight is 510 g/mol. The summed E-state index contributed by atoms with van der Waals surface area (Å²) in [5, 5.41) is 7.30. The van der Waals surface area contributed by atoms with Gasteiger partial charge in [-0.1, -0.05) is 32.6 Å². The number of carbonyl (C=O) groups excluding carboxylic acids is 2. The molecule has 2 saturated heterocycles. The van der Waals surface area contributed by atoms with E-state index in [1.165, 1.54) is 0 Å². The molecule has 0 saturated carbocycles. The largest absolute Gasteiger partial charge is 0.482 e. The molecule has 1 atom stereocenters. The monoisotopic (exact) mass is 509 g/mol. The topological polar surface area (TPSA) is 81.0 Å². The van der Waals surface area contributed by atoms with E-state index < -0.39 is 0 Å². The lowest BCUT2D eigenvalue weighted by molar-refractivity contribution is -0.158. The smallest absolute Gasteiger partial charge is 0.462 e. The zero-order valence-corrected chi connectivity index (χ0v) is 24.9. The van der Waals surface area contributed by atoms with Crippen LogP contribution in [0.3, 0.4) is 0 Å². The van der Waals surface area contributed by atoms with Crippen LogP contribution < -0.4 is 10.6 Å². The van der Waals surface area contributed by atoms with Crippen molar-refractivity contribution in [3.8, 4) is 0 Å². The van der Waals surface area contributed by atoms with E-state index in [0.29, 0.717) is 6.42 Å². The van der Waals surface area contributed by atoms with E-state index in [4.69, 9.17) is 9.47 Å². The first kappa shape index (κ1) is 31.1. The van der Waals surface area contributed by atoms with E-state index in [2.05, 4.69) is 72.9 Å². The van der Waals surface area contributed by atoms with E-state index in [0.717, 1.165) is 70.6 Å². The molecule has 2 aliphatic heterocycles. The van der Waals surface area contributed by atoms with E-state index in [-0.39, 0.29) is 52.2 Å². The number of hydrogen-bond acceptors (Lipinski definition) is 5. The van der Waals surface area contributed by atoms with Gasteiger partial charge in [0.25, 0.3) is 0 Å². The molecule has 2 rings (SSSR count). The molecule has 0 aliphatic carbocycles. The zero-order valence-electron chi connectivity index (χ0n) is 24.9. The van der Waals surface area contributed by atoms with Crippen molar-refractivity contribution >= 4 is 11.9 Å². The minimum absolute atomic E-state index is 0.00428. The number of ether oxygens (including phenoxy) is 2. The molecular formula is C30H57N2O4+. The van der Waals surface area contributed by atoms with Crippen LogP contribution in [0.5, 0.6) is 0 Å². The summed E-state index contributed by atoms with van der Waals surface area (Å²) in [6.45, 7) is 19.6. The van der Waals surface area contributed by atoms with Crippen LogP contribution in [0, 0.1) is 5.92 Å². The molecule has 2 aliphatic rings. The highest BCUT2D eigenvalue weighted by Crippen LogP contribution is 2.32. The van der Waals surface area contributed by atoms with Crippen LogP contribution in [-0.2, 0) is 14.3 Å². The molecule has 2 fully saturated rings. The Balaban J connectivity index is 1.60. The normalized spacial score (nSPS) is 24.1. The molecule has 0 aromatic heterocycles. The fraction of sp³-hybridized carbons (Fsp3) is 0.933. The Kier molecular flexibility index (Phi) is 10.9. The summed E-state index contributed by atoms with van der Waals surface area (Å²) in [4.78, 5) is 23.2. The number of esters is 2. The maximum absolute atomic E-state index is 12.9. The van der Waals surface area contributed by atoms with Crippen LogP contribution in [0.25, 0.3) is 0 Å². The highest BCUT2D eigenvalue weighted by molar-refractivity contribution is 5.72. The molecule has 0 radical (unpaired) electrons. The molecular weight excluding hydrogens is 452 g/mol. The van der Waals surface area contributed by atoms with Crippen molar-refractivity contribution in [3.63, 3.8) is 0 Å². The van der Waals surface area contributed by atoms with Crippen LogP contribution in [-0.4, -0.2) is 51.1 Å². The van der Waals surface area contributed by atoms with E-state index in [9.17, 15) is 9.59 Å². The second kappa shape index (κ2) is 12.6. The zero-order chi connectivity index (χ0) is 27.2. The van der Waals surface area contributed by atoms with Crippen LogP contribution in [0.2, 0.25) is 0 Å². The predicted octanol–water partition coefficient (Wildman–Crippen LogP) is 6.42. The van der Waals surface area contributed by atoms with E-state index in [1.807, 2.05) is 0 Å². The minimum Gasteiger partial charge on any atom is -0.462 e. The highest BCUT2D eigenvalue weighted by Gasteiger charge is 2.42. The quantitative estimate of drug-likeness (QED) is 0.180. The Hall–Kier alpha value is -1.14. The average Bonchev–Trinajstić information content (AvgIpc) is 2.64. The predicted molar refractivity (Wildman–Crippen MR) is 149 cm³/mol. The lowest BCUT2D eigenvalue weighted by Crippen LogP contribution is -2.59. The fourth-order valence-corrected chi connectivity index (χ4v) is 6.82. The Labute approximate surface area is 221 Å². The first-order valence-corrected chi connectivity index (χ1v) is 14.5. The van der Waals surface area contributed by atoms with Gasteiger partial charge in [0.1, 0.15) is 12.5 Å². The van der Waals surface area contributed by atoms with Crippen molar-refractivity contribution in [2.24, 2.45) is 5.92 Å². The van der Waals surface area contributed by atoms with E-state index in [1.54, 1.807) is 0 Å². The summed E-state index contributed by atoms with van der Waals surface area (Å²) in [5.74, 6) is 0.166. The van der Waals surface area contributed by atoms with Gasteiger partial charge in [-0.15, -0.1) is 0 Å². The number of unbranched alkanes of at least 4 members (excludes halogenated alkanes) is 4. The summed E-state index contributed by atoms with van der Waals surface area (Å²) < 4.78 is 11.9. The first-order chi connectivity index (χ1) is 16.5. The summed E-state index contributed by atoms with van der Waals surface area (Å²) in [7, 11) is 0. The van der Waals surface area contributed by atoms with Crippen molar-refractivity contribution in [2.45, 2.75) is 174 Å². The lowest BCUT2D eigenvalue weighted by Gasteiger charge is -2.46. The van der Waals surface area contributed by atoms with Crippen molar-refractivity contribution < 1.29 is 19.1 Å². The number of piperidine rings is 2. The third-order valence-corrected chi connectivity index (χ3v) is 7.66. The van der Waals surface area contributed by atoms with Crippen LogP contribution in [0.15, 0.2) is 0 Å². The molecule has 3 N–H and O–H groups in total. The molecule has 0 aromatic carbocycles. The standard InChI is InChI=1S/C30H56N2O4/c1-10-22(26(34)36-24-20-29(6,7)32-30(8,9)21-24)16-14-12-11-13-15-17-25(33)35-23-18-27(2,3)31-28(4,5)19-23/h22-24,31-32H,10-21H2,1-9H3/p+1. The second-order valence-corrected chi connectivity index (χ2v) is 14.2. The first-order valence-electron chi connectivity index (χ1n) is 14.5. The molecule has 0 bridgehead atoms. The maximum Gasteiger partial charge on any atom is 0.482 e. The van der Waals surface area contributed by atoms with Gasteiger partial charge in [0.15, 0.2) is 6.10 Å². The van der Waals surface area contributed by atoms with Gasteiger partial charge in [-0.3, -0.25) is 4.79 Å². The summed E-state index contributed by atoms with van der Waals surface area (Å²) >= 11 is 0. The van der Waals surface area contributed by atoms with Crippen molar-refractivity contribution in [1.82, 2.24) is 10.6 Å². The summed E-state index contributed by atoms with van der Waals surface area (Å²) in [6.07, 6.45) is 11.2. The van der Waals surface area contributed by atoms with Crippen LogP contribution >= 0.6 is 0 Å². The van der Waals surface area contributed by atoms with Crippen molar-refractivity contribution in [3.05, 3.63) is 0 Å². The van der Waals surface area contributed by atoms with Gasteiger partial charge in [0, 0.05) is 47.8 Å². The highest BCUT2D eigenvalue weighted by atomic mass is 16.5.